The molecule has 0 bridgehead atoms. The van der Waals surface area contributed by atoms with Crippen molar-refractivity contribution < 1.29 is 8.78 Å². The maximum absolute atomic E-state index is 13.4. The SMILES string of the molecule is CCc1cnn2c1C(F)(F)CCC2. The smallest absolute Gasteiger partial charge is 0.263 e. The van der Waals surface area contributed by atoms with Gasteiger partial charge in [0, 0.05) is 13.0 Å². The summed E-state index contributed by atoms with van der Waals surface area (Å²) < 4.78 is 28.3. The predicted molar refractivity (Wildman–Crippen MR) is 44.7 cm³/mol. The fourth-order valence-electron chi connectivity index (χ4n) is 1.85. The van der Waals surface area contributed by atoms with Crippen LogP contribution in [0.1, 0.15) is 31.0 Å². The largest absolute Gasteiger partial charge is 0.289 e. The van der Waals surface area contributed by atoms with Gasteiger partial charge in [-0.05, 0) is 18.4 Å². The van der Waals surface area contributed by atoms with E-state index in [9.17, 15) is 8.78 Å². The van der Waals surface area contributed by atoms with Gasteiger partial charge in [0.1, 0.15) is 5.69 Å². The lowest BCUT2D eigenvalue weighted by Crippen LogP contribution is -2.26. The van der Waals surface area contributed by atoms with E-state index in [0.29, 0.717) is 24.9 Å². The third-order valence-electron chi connectivity index (χ3n) is 2.50. The van der Waals surface area contributed by atoms with E-state index in [0.717, 1.165) is 0 Å². The first-order chi connectivity index (χ1) is 6.15. The first-order valence-electron chi connectivity index (χ1n) is 4.58. The van der Waals surface area contributed by atoms with Gasteiger partial charge in [0.15, 0.2) is 0 Å². The summed E-state index contributed by atoms with van der Waals surface area (Å²) in [4.78, 5) is 0. The molecule has 1 aliphatic rings. The summed E-state index contributed by atoms with van der Waals surface area (Å²) in [5.41, 5.74) is 0.825. The van der Waals surface area contributed by atoms with Crippen LogP contribution in [0.5, 0.6) is 0 Å². The van der Waals surface area contributed by atoms with Crippen LogP contribution in [0.3, 0.4) is 0 Å². The lowest BCUT2D eigenvalue weighted by Gasteiger charge is -2.24. The fourth-order valence-corrected chi connectivity index (χ4v) is 1.85. The van der Waals surface area contributed by atoms with Crippen molar-refractivity contribution in [2.75, 3.05) is 0 Å². The van der Waals surface area contributed by atoms with Gasteiger partial charge in [0.2, 0.25) is 0 Å². The minimum atomic E-state index is -2.67. The van der Waals surface area contributed by atoms with Gasteiger partial charge in [-0.15, -0.1) is 0 Å². The Balaban J connectivity index is 2.52. The zero-order valence-corrected chi connectivity index (χ0v) is 7.56. The van der Waals surface area contributed by atoms with Crippen molar-refractivity contribution in [3.8, 4) is 0 Å². The summed E-state index contributed by atoms with van der Waals surface area (Å²) in [6, 6.07) is 0. The minimum Gasteiger partial charge on any atom is -0.263 e. The summed E-state index contributed by atoms with van der Waals surface area (Å²) >= 11 is 0. The number of alkyl halides is 2. The molecule has 0 fully saturated rings. The Morgan fingerprint density at radius 3 is 3.08 bits per heavy atom. The third-order valence-corrected chi connectivity index (χ3v) is 2.50. The van der Waals surface area contributed by atoms with Gasteiger partial charge in [0.05, 0.1) is 6.20 Å². The number of rotatable bonds is 1. The minimum absolute atomic E-state index is 0.0360. The quantitative estimate of drug-likeness (QED) is 0.658. The monoisotopic (exact) mass is 186 g/mol. The lowest BCUT2D eigenvalue weighted by molar-refractivity contribution is -0.0372. The molecular formula is C9H12F2N2. The fraction of sp³-hybridized carbons (Fsp3) is 0.667. The van der Waals surface area contributed by atoms with Gasteiger partial charge < -0.3 is 0 Å². The third kappa shape index (κ3) is 1.24. The van der Waals surface area contributed by atoms with Crippen molar-refractivity contribution in [3.63, 3.8) is 0 Å². The molecule has 0 aromatic carbocycles. The highest BCUT2D eigenvalue weighted by Crippen LogP contribution is 2.38. The van der Waals surface area contributed by atoms with E-state index < -0.39 is 5.92 Å². The van der Waals surface area contributed by atoms with E-state index in [1.54, 1.807) is 6.20 Å². The normalized spacial score (nSPS) is 19.9. The van der Waals surface area contributed by atoms with Gasteiger partial charge in [-0.3, -0.25) is 4.68 Å². The van der Waals surface area contributed by atoms with E-state index in [1.165, 1.54) is 4.68 Å². The Morgan fingerprint density at radius 2 is 2.38 bits per heavy atom. The predicted octanol–water partition coefficient (Wildman–Crippen LogP) is 2.33. The molecule has 0 amide bonds. The van der Waals surface area contributed by atoms with Gasteiger partial charge >= 0.3 is 0 Å². The number of aryl methyl sites for hydroxylation is 2. The van der Waals surface area contributed by atoms with E-state index in [4.69, 9.17) is 0 Å². The molecule has 2 heterocycles. The van der Waals surface area contributed by atoms with Crippen LogP contribution in [-0.2, 0) is 18.9 Å². The van der Waals surface area contributed by atoms with Crippen molar-refractivity contribution in [3.05, 3.63) is 17.5 Å². The van der Waals surface area contributed by atoms with E-state index >= 15 is 0 Å². The number of hydrogen-bond donors (Lipinski definition) is 0. The van der Waals surface area contributed by atoms with Crippen molar-refractivity contribution >= 4 is 0 Å². The molecular weight excluding hydrogens is 174 g/mol. The average Bonchev–Trinajstić information content (AvgIpc) is 2.48. The highest BCUT2D eigenvalue weighted by atomic mass is 19.3. The zero-order chi connectivity index (χ0) is 9.47. The number of hydrogen-bond acceptors (Lipinski definition) is 1. The summed E-state index contributed by atoms with van der Waals surface area (Å²) in [5, 5.41) is 3.96. The first-order valence-corrected chi connectivity index (χ1v) is 4.58. The van der Waals surface area contributed by atoms with E-state index in [1.807, 2.05) is 6.92 Å². The van der Waals surface area contributed by atoms with Crippen LogP contribution in [0.4, 0.5) is 8.78 Å². The molecule has 2 nitrogen and oxygen atoms in total. The zero-order valence-electron chi connectivity index (χ0n) is 7.56. The van der Waals surface area contributed by atoms with Crippen molar-refractivity contribution in [2.24, 2.45) is 0 Å². The second kappa shape index (κ2) is 2.79. The molecule has 0 atom stereocenters. The molecule has 0 unspecified atom stereocenters. The van der Waals surface area contributed by atoms with Gasteiger partial charge in [0.25, 0.3) is 5.92 Å². The molecule has 4 heteroatoms. The summed E-state index contributed by atoms with van der Waals surface area (Å²) in [6.07, 6.45) is 2.68. The Bertz CT molecular complexity index is 304. The van der Waals surface area contributed by atoms with Crippen LogP contribution in [0.25, 0.3) is 0 Å². The lowest BCUT2D eigenvalue weighted by atomic mass is 10.0. The topological polar surface area (TPSA) is 17.8 Å². The Hall–Kier alpha value is -0.930. The highest BCUT2D eigenvalue weighted by Gasteiger charge is 2.39. The Kier molecular flexibility index (Phi) is 1.86. The summed E-state index contributed by atoms with van der Waals surface area (Å²) in [5.74, 6) is -2.67. The molecule has 1 aromatic rings. The second-order valence-corrected chi connectivity index (χ2v) is 3.40. The molecule has 0 radical (unpaired) electrons. The molecule has 1 aromatic heterocycles. The van der Waals surface area contributed by atoms with Crippen LogP contribution in [0, 0.1) is 0 Å². The number of halogens is 2. The van der Waals surface area contributed by atoms with Gasteiger partial charge in [-0.1, -0.05) is 6.92 Å². The van der Waals surface area contributed by atoms with E-state index in [2.05, 4.69) is 5.10 Å². The summed E-state index contributed by atoms with van der Waals surface area (Å²) in [7, 11) is 0. The maximum atomic E-state index is 13.4. The van der Waals surface area contributed by atoms with Crippen LogP contribution in [-0.4, -0.2) is 9.78 Å². The Morgan fingerprint density at radius 1 is 1.62 bits per heavy atom. The molecule has 0 saturated carbocycles. The maximum Gasteiger partial charge on any atom is 0.289 e. The van der Waals surface area contributed by atoms with Gasteiger partial charge in [-0.2, -0.15) is 13.9 Å². The molecule has 0 spiro atoms. The van der Waals surface area contributed by atoms with Gasteiger partial charge in [-0.25, -0.2) is 0 Å². The standard InChI is InChI=1S/C9H12F2N2/c1-2-7-6-12-13-5-3-4-9(10,11)8(7)13/h6H,2-5H2,1H3. The molecule has 72 valence electrons. The Labute approximate surface area is 75.6 Å². The first kappa shape index (κ1) is 8.66. The number of aromatic nitrogens is 2. The number of fused-ring (bicyclic) bond motifs is 1. The van der Waals surface area contributed by atoms with Crippen LogP contribution in [0.2, 0.25) is 0 Å². The van der Waals surface area contributed by atoms with Crippen molar-refractivity contribution in [1.82, 2.24) is 9.78 Å². The highest BCUT2D eigenvalue weighted by molar-refractivity contribution is 5.23. The molecule has 1 aliphatic heterocycles. The average molecular weight is 186 g/mol. The second-order valence-electron chi connectivity index (χ2n) is 3.40. The molecule has 0 saturated heterocycles. The molecule has 13 heavy (non-hydrogen) atoms. The molecule has 0 N–H and O–H groups in total. The number of nitrogens with zero attached hydrogens (tertiary/aromatic N) is 2. The summed E-state index contributed by atoms with van der Waals surface area (Å²) in [6.45, 7) is 2.51. The van der Waals surface area contributed by atoms with Crippen LogP contribution >= 0.6 is 0 Å². The van der Waals surface area contributed by atoms with Crippen molar-refractivity contribution in [2.45, 2.75) is 38.7 Å². The molecule has 0 aliphatic carbocycles. The van der Waals surface area contributed by atoms with Crippen LogP contribution in [0.15, 0.2) is 6.20 Å². The molecule has 2 rings (SSSR count). The van der Waals surface area contributed by atoms with E-state index in [-0.39, 0.29) is 12.1 Å². The van der Waals surface area contributed by atoms with Crippen molar-refractivity contribution in [1.29, 1.82) is 0 Å². The van der Waals surface area contributed by atoms with Crippen LogP contribution < -0.4 is 0 Å².